The number of nitrogens with one attached hydrogen (secondary N) is 2. The first-order chi connectivity index (χ1) is 11.0. The molecule has 2 heterocycles. The number of amides is 2. The number of methoxy groups -OCH3 is 1. The molecule has 122 valence electrons. The van der Waals surface area contributed by atoms with Gasteiger partial charge in [0.05, 0.1) is 20.3 Å². The number of nitrogens with zero attached hydrogens (tertiary/aromatic N) is 1. The lowest BCUT2D eigenvalue weighted by Gasteiger charge is -2.10. The van der Waals surface area contributed by atoms with Gasteiger partial charge in [-0.1, -0.05) is 0 Å². The summed E-state index contributed by atoms with van der Waals surface area (Å²) in [6.45, 7) is 1.31. The number of fused-ring (bicyclic) bond motifs is 1. The molecule has 0 bridgehead atoms. The van der Waals surface area contributed by atoms with Crippen molar-refractivity contribution in [3.8, 4) is 0 Å². The highest BCUT2D eigenvalue weighted by Gasteiger charge is 2.54. The summed E-state index contributed by atoms with van der Waals surface area (Å²) in [5.74, 6) is -0.816. The molecule has 3 rings (SSSR count). The third-order valence-electron chi connectivity index (χ3n) is 4.19. The van der Waals surface area contributed by atoms with E-state index < -0.39 is 11.9 Å². The van der Waals surface area contributed by atoms with Gasteiger partial charge in [0.1, 0.15) is 11.4 Å². The predicted molar refractivity (Wildman–Crippen MR) is 78.0 cm³/mol. The molecular weight excluding hydrogens is 302 g/mol. The number of esters is 1. The highest BCUT2D eigenvalue weighted by molar-refractivity contribution is 6.01. The molecule has 2 N–H and O–H groups in total. The van der Waals surface area contributed by atoms with Gasteiger partial charge in [0.15, 0.2) is 0 Å². The van der Waals surface area contributed by atoms with Crippen LogP contribution >= 0.6 is 0 Å². The fourth-order valence-electron chi connectivity index (χ4n) is 2.80. The number of pyridine rings is 1. The smallest absolute Gasteiger partial charge is 0.356 e. The van der Waals surface area contributed by atoms with E-state index in [0.29, 0.717) is 25.0 Å². The van der Waals surface area contributed by atoms with Gasteiger partial charge in [0.25, 0.3) is 11.8 Å². The average Bonchev–Trinajstić information content (AvgIpc) is 2.99. The van der Waals surface area contributed by atoms with Crippen molar-refractivity contribution >= 4 is 17.8 Å². The molecule has 1 aliphatic carbocycles. The second kappa shape index (κ2) is 5.96. The van der Waals surface area contributed by atoms with E-state index in [9.17, 15) is 14.4 Å². The highest BCUT2D eigenvalue weighted by Crippen LogP contribution is 2.44. The van der Waals surface area contributed by atoms with E-state index in [1.165, 1.54) is 26.3 Å². The molecule has 0 spiro atoms. The van der Waals surface area contributed by atoms with Crippen LogP contribution in [0.4, 0.5) is 0 Å². The van der Waals surface area contributed by atoms with Crippen LogP contribution in [0.5, 0.6) is 0 Å². The van der Waals surface area contributed by atoms with Crippen LogP contribution in [0.2, 0.25) is 0 Å². The molecule has 3 atom stereocenters. The van der Waals surface area contributed by atoms with Crippen LogP contribution in [0.1, 0.15) is 31.3 Å². The zero-order valence-corrected chi connectivity index (χ0v) is 12.8. The summed E-state index contributed by atoms with van der Waals surface area (Å²) in [4.78, 5) is 39.8. The standard InChI is InChI=1S/C15H17N3O5/c1-16-14(20)10-3-7(4-11(17-10)15(21)22-2)13(19)18-12-8-5-23-6-9(8)12/h3-4,8-9,12H,5-6H2,1-2H3,(H,16,20)(H,18,19)/t8-,9+,12?. The van der Waals surface area contributed by atoms with Crippen molar-refractivity contribution in [3.05, 3.63) is 29.1 Å². The van der Waals surface area contributed by atoms with Gasteiger partial charge in [-0.3, -0.25) is 9.59 Å². The molecule has 1 aromatic heterocycles. The Kier molecular flexibility index (Phi) is 3.99. The normalized spacial score (nSPS) is 24.5. The summed E-state index contributed by atoms with van der Waals surface area (Å²) in [6, 6.07) is 2.77. The number of carbonyl (C=O) groups excluding carboxylic acids is 3. The third-order valence-corrected chi connectivity index (χ3v) is 4.19. The zero-order valence-electron chi connectivity index (χ0n) is 12.8. The minimum atomic E-state index is -0.707. The second-order valence-corrected chi connectivity index (χ2v) is 5.56. The van der Waals surface area contributed by atoms with Gasteiger partial charge >= 0.3 is 5.97 Å². The number of rotatable bonds is 4. The van der Waals surface area contributed by atoms with Gasteiger partial charge in [0.2, 0.25) is 0 Å². The zero-order chi connectivity index (χ0) is 16.6. The minimum Gasteiger partial charge on any atom is -0.464 e. The van der Waals surface area contributed by atoms with Crippen molar-refractivity contribution in [1.82, 2.24) is 15.6 Å². The summed E-state index contributed by atoms with van der Waals surface area (Å²) < 4.78 is 9.89. The Morgan fingerprint density at radius 1 is 1.17 bits per heavy atom. The largest absolute Gasteiger partial charge is 0.464 e. The Hall–Kier alpha value is -2.48. The molecular formula is C15H17N3O5. The van der Waals surface area contributed by atoms with Crippen LogP contribution in [0.15, 0.2) is 12.1 Å². The quantitative estimate of drug-likeness (QED) is 0.732. The van der Waals surface area contributed by atoms with Gasteiger partial charge in [-0.2, -0.15) is 0 Å². The van der Waals surface area contributed by atoms with Gasteiger partial charge < -0.3 is 20.1 Å². The first kappa shape index (κ1) is 15.4. The number of hydrogen-bond donors (Lipinski definition) is 2. The van der Waals surface area contributed by atoms with E-state index >= 15 is 0 Å². The van der Waals surface area contributed by atoms with Crippen molar-refractivity contribution in [2.75, 3.05) is 27.4 Å². The van der Waals surface area contributed by atoms with Crippen LogP contribution in [-0.2, 0) is 9.47 Å². The maximum Gasteiger partial charge on any atom is 0.356 e. The van der Waals surface area contributed by atoms with E-state index in [-0.39, 0.29) is 28.9 Å². The van der Waals surface area contributed by atoms with E-state index in [0.717, 1.165) is 0 Å². The Morgan fingerprint density at radius 3 is 2.43 bits per heavy atom. The lowest BCUT2D eigenvalue weighted by atomic mass is 10.1. The molecule has 1 saturated heterocycles. The van der Waals surface area contributed by atoms with Crippen molar-refractivity contribution in [2.24, 2.45) is 11.8 Å². The summed E-state index contributed by atoms with van der Waals surface area (Å²) in [5, 5.41) is 5.33. The number of aromatic nitrogens is 1. The molecule has 1 aliphatic heterocycles. The summed E-state index contributed by atoms with van der Waals surface area (Å²) in [6.07, 6.45) is 0. The maximum atomic E-state index is 12.4. The number of hydrogen-bond acceptors (Lipinski definition) is 6. The Labute approximate surface area is 132 Å². The summed E-state index contributed by atoms with van der Waals surface area (Å²) in [5.41, 5.74) is 0.0999. The van der Waals surface area contributed by atoms with E-state index in [2.05, 4.69) is 20.4 Å². The molecule has 1 saturated carbocycles. The second-order valence-electron chi connectivity index (χ2n) is 5.56. The molecule has 0 aromatic carbocycles. The van der Waals surface area contributed by atoms with Gasteiger partial charge in [-0.25, -0.2) is 9.78 Å². The average molecular weight is 319 g/mol. The summed E-state index contributed by atoms with van der Waals surface area (Å²) >= 11 is 0. The van der Waals surface area contributed by atoms with E-state index in [4.69, 9.17) is 4.74 Å². The Balaban J connectivity index is 1.83. The van der Waals surface area contributed by atoms with E-state index in [1.807, 2.05) is 0 Å². The molecule has 2 fully saturated rings. The lowest BCUT2D eigenvalue weighted by molar-refractivity contribution is 0.0594. The first-order valence-corrected chi connectivity index (χ1v) is 7.26. The predicted octanol–water partition coefficient (Wildman–Crippen LogP) is -0.398. The SMILES string of the molecule is CNC(=O)c1cc(C(=O)NC2[C@H]3COC[C@@H]23)cc(C(=O)OC)n1. The van der Waals surface area contributed by atoms with Crippen molar-refractivity contribution in [1.29, 1.82) is 0 Å². The molecule has 8 nitrogen and oxygen atoms in total. The van der Waals surface area contributed by atoms with Crippen molar-refractivity contribution in [2.45, 2.75) is 6.04 Å². The molecule has 1 aromatic rings. The van der Waals surface area contributed by atoms with E-state index in [1.54, 1.807) is 0 Å². The number of carbonyl (C=O) groups is 3. The van der Waals surface area contributed by atoms with Gasteiger partial charge in [0, 0.05) is 30.5 Å². The van der Waals surface area contributed by atoms with Gasteiger partial charge in [-0.15, -0.1) is 0 Å². The topological polar surface area (TPSA) is 107 Å². The Bertz CT molecular complexity index is 631. The molecule has 8 heteroatoms. The van der Waals surface area contributed by atoms with Crippen LogP contribution in [-0.4, -0.2) is 56.2 Å². The highest BCUT2D eigenvalue weighted by atomic mass is 16.5. The van der Waals surface area contributed by atoms with Crippen molar-refractivity contribution in [3.63, 3.8) is 0 Å². The number of ether oxygens (including phenoxy) is 2. The van der Waals surface area contributed by atoms with Crippen LogP contribution in [0, 0.1) is 11.8 Å². The molecule has 23 heavy (non-hydrogen) atoms. The van der Waals surface area contributed by atoms with Crippen LogP contribution < -0.4 is 10.6 Å². The fourth-order valence-corrected chi connectivity index (χ4v) is 2.80. The molecule has 2 aliphatic rings. The van der Waals surface area contributed by atoms with Crippen LogP contribution in [0.3, 0.4) is 0 Å². The minimum absolute atomic E-state index is 0.0140. The van der Waals surface area contributed by atoms with Gasteiger partial charge in [-0.05, 0) is 12.1 Å². The summed E-state index contributed by atoms with van der Waals surface area (Å²) in [7, 11) is 2.65. The molecule has 0 radical (unpaired) electrons. The third kappa shape index (κ3) is 2.89. The Morgan fingerprint density at radius 2 is 1.83 bits per heavy atom. The fraction of sp³-hybridized carbons (Fsp3) is 0.467. The maximum absolute atomic E-state index is 12.4. The molecule has 1 unspecified atom stereocenters. The van der Waals surface area contributed by atoms with Crippen molar-refractivity contribution < 1.29 is 23.9 Å². The monoisotopic (exact) mass is 319 g/mol. The lowest BCUT2D eigenvalue weighted by Crippen LogP contribution is -2.31. The van der Waals surface area contributed by atoms with Crippen LogP contribution in [0.25, 0.3) is 0 Å². The first-order valence-electron chi connectivity index (χ1n) is 7.26. The molecule has 2 amide bonds.